The lowest BCUT2D eigenvalue weighted by atomic mass is 10.5. The molecular weight excluding hydrogens is 236 g/mol. The summed E-state index contributed by atoms with van der Waals surface area (Å²) in [5, 5.41) is 7.92. The van der Waals surface area contributed by atoms with Gasteiger partial charge in [0.1, 0.15) is 6.42 Å². The molecule has 0 N–H and O–H groups in total. The molecule has 0 spiro atoms. The third kappa shape index (κ3) is 4.38. The Morgan fingerprint density at radius 1 is 2.00 bits per heavy atom. The van der Waals surface area contributed by atoms with Crippen molar-refractivity contribution in [2.45, 2.75) is 6.42 Å². The average molecular weight is 238 g/mol. The van der Waals surface area contributed by atoms with Gasteiger partial charge in [-0.1, -0.05) is 0 Å². The third-order valence-corrected chi connectivity index (χ3v) is 1.51. The van der Waals surface area contributed by atoms with Crippen molar-refractivity contribution in [2.24, 2.45) is 0 Å². The first-order valence-corrected chi connectivity index (χ1v) is 6.44. The summed E-state index contributed by atoms with van der Waals surface area (Å²) in [6, 6.07) is 1.69. The number of nitrogens with zero attached hydrogens (tertiary/aromatic N) is 1. The quantitative estimate of drug-likeness (QED) is 0.517. The Morgan fingerprint density at radius 3 is 3.00 bits per heavy atom. The van der Waals surface area contributed by atoms with E-state index < -0.39 is 5.97 Å². The minimum atomic E-state index is -0.420. The molecule has 0 saturated heterocycles. The second-order valence-electron chi connectivity index (χ2n) is 0.914. The fraction of sp³-hybridized carbons (Fsp3) is 0.333. The van der Waals surface area contributed by atoms with Crippen LogP contribution in [0.2, 0.25) is 0 Å². The summed E-state index contributed by atoms with van der Waals surface area (Å²) in [7, 11) is 0. The van der Waals surface area contributed by atoms with E-state index >= 15 is 0 Å². The molecule has 8 heavy (non-hydrogen) atoms. The van der Waals surface area contributed by atoms with Gasteiger partial charge in [0.15, 0.2) is 0 Å². The molecule has 0 heterocycles. The Kier molecular flexibility index (Phi) is 5.51. The maximum atomic E-state index is 10.2. The van der Waals surface area contributed by atoms with Crippen molar-refractivity contribution >= 4 is 38.5 Å². The molecule has 0 aliphatic carbocycles. The van der Waals surface area contributed by atoms with Crippen LogP contribution in [0.25, 0.3) is 0 Å². The molecule has 5 heteroatoms. The molecule has 3 nitrogen and oxygen atoms in total. The highest BCUT2D eigenvalue weighted by Gasteiger charge is 1.98. The van der Waals surface area contributed by atoms with Crippen LogP contribution in [0, 0.1) is 11.3 Å². The SMILES string of the molecule is N#CCC(=O)[O][Al][I]. The first-order chi connectivity index (χ1) is 3.81. The van der Waals surface area contributed by atoms with Gasteiger partial charge in [0.05, 0.1) is 6.07 Å². The first-order valence-electron chi connectivity index (χ1n) is 1.79. The lowest BCUT2D eigenvalue weighted by Gasteiger charge is -1.92. The molecule has 0 aromatic rings. The topological polar surface area (TPSA) is 50.1 Å². The number of carbonyl (C=O) groups excluding carboxylic acids is 1. The smallest absolute Gasteiger partial charge is 0.613 e. The van der Waals surface area contributed by atoms with Crippen molar-refractivity contribution in [2.75, 3.05) is 0 Å². The molecule has 0 saturated carbocycles. The zero-order valence-electron chi connectivity index (χ0n) is 3.93. The molecule has 0 aliphatic heterocycles. The van der Waals surface area contributed by atoms with E-state index in [0.717, 1.165) is 0 Å². The van der Waals surface area contributed by atoms with E-state index in [2.05, 4.69) is 3.79 Å². The Labute approximate surface area is 64.7 Å². The number of carbonyl (C=O) groups is 1. The largest absolute Gasteiger partial charge is 0.627 e. The van der Waals surface area contributed by atoms with Crippen LogP contribution in [0.5, 0.6) is 0 Å². The summed E-state index contributed by atoms with van der Waals surface area (Å²) in [6.07, 6.45) is -0.129. The van der Waals surface area contributed by atoms with E-state index in [0.29, 0.717) is 0 Å². The van der Waals surface area contributed by atoms with Gasteiger partial charge in [0, 0.05) is 0 Å². The lowest BCUT2D eigenvalue weighted by Crippen LogP contribution is -2.02. The lowest BCUT2D eigenvalue weighted by molar-refractivity contribution is -0.132. The molecular formula is C3H2AlINO2. The molecule has 0 atom stereocenters. The Morgan fingerprint density at radius 2 is 2.62 bits per heavy atom. The highest BCUT2D eigenvalue weighted by Crippen LogP contribution is 1.84. The maximum Gasteiger partial charge on any atom is 0.627 e. The van der Waals surface area contributed by atoms with Gasteiger partial charge in [-0.25, -0.2) is 0 Å². The zero-order chi connectivity index (χ0) is 6.41. The van der Waals surface area contributed by atoms with Gasteiger partial charge in [-0.2, -0.15) is 25.5 Å². The van der Waals surface area contributed by atoms with Gasteiger partial charge in [0.2, 0.25) is 0 Å². The fourth-order valence-corrected chi connectivity index (χ4v) is 1.19. The van der Waals surface area contributed by atoms with Crippen molar-refractivity contribution in [1.29, 1.82) is 5.26 Å². The van der Waals surface area contributed by atoms with Gasteiger partial charge in [-0.05, 0) is 0 Å². The molecule has 0 amide bonds. The van der Waals surface area contributed by atoms with E-state index in [1.165, 1.54) is 0 Å². The highest BCUT2D eigenvalue weighted by molar-refractivity contribution is 14.1. The van der Waals surface area contributed by atoms with Crippen LogP contribution in [0.15, 0.2) is 0 Å². The van der Waals surface area contributed by atoms with Crippen molar-refractivity contribution in [1.82, 2.24) is 0 Å². The van der Waals surface area contributed by atoms with Crippen LogP contribution in [-0.4, -0.2) is 18.2 Å². The summed E-state index contributed by atoms with van der Waals surface area (Å²) in [6.45, 7) is 0. The second-order valence-corrected chi connectivity index (χ2v) is 2.85. The standard InChI is InChI=1S/C3H3NO2.Al.HI/c4-2-1-3(5)6;;/h1H2,(H,5,6);;1H/q;+2;/p-2. The molecule has 0 rings (SSSR count). The van der Waals surface area contributed by atoms with E-state index in [-0.39, 0.29) is 18.7 Å². The highest BCUT2D eigenvalue weighted by atomic mass is 127. The summed E-state index contributed by atoms with van der Waals surface area (Å²) in [5.41, 5.74) is 0. The van der Waals surface area contributed by atoms with Crippen LogP contribution >= 0.6 is 20.3 Å². The van der Waals surface area contributed by atoms with E-state index in [1.54, 1.807) is 6.07 Å². The molecule has 0 unspecified atom stereocenters. The van der Waals surface area contributed by atoms with Crippen LogP contribution in [-0.2, 0) is 8.58 Å². The molecule has 0 aromatic carbocycles. The van der Waals surface area contributed by atoms with Crippen molar-refractivity contribution in [3.63, 3.8) is 0 Å². The van der Waals surface area contributed by atoms with Gasteiger partial charge >= 0.3 is 12.3 Å². The first kappa shape index (κ1) is 8.22. The van der Waals surface area contributed by atoms with Gasteiger partial charge in [0.25, 0.3) is 5.97 Å². The number of nitriles is 1. The minimum Gasteiger partial charge on any atom is -0.613 e. The summed E-state index contributed by atoms with van der Waals surface area (Å²) < 4.78 is 4.49. The van der Waals surface area contributed by atoms with Crippen molar-refractivity contribution in [3.8, 4) is 6.07 Å². The zero-order valence-corrected chi connectivity index (χ0v) is 7.24. The average Bonchev–Trinajstić information content (AvgIpc) is 1.68. The molecule has 0 aliphatic rings. The molecule has 0 aromatic heterocycles. The summed E-state index contributed by atoms with van der Waals surface area (Å²) in [4.78, 5) is 10.2. The third-order valence-electron chi connectivity index (χ3n) is 0.399. The van der Waals surface area contributed by atoms with Crippen molar-refractivity contribution in [3.05, 3.63) is 0 Å². The van der Waals surface area contributed by atoms with Gasteiger partial charge < -0.3 is 3.79 Å². The van der Waals surface area contributed by atoms with Crippen LogP contribution in [0.1, 0.15) is 6.42 Å². The van der Waals surface area contributed by atoms with E-state index in [9.17, 15) is 4.79 Å². The second kappa shape index (κ2) is 5.36. The number of hydrogen-bond donors (Lipinski definition) is 0. The fourth-order valence-electron chi connectivity index (χ4n) is 0.156. The Bertz CT molecular complexity index is 121. The molecule has 0 fully saturated rings. The summed E-state index contributed by atoms with van der Waals surface area (Å²) in [5.74, 6) is -0.420. The normalized spacial score (nSPS) is 7.00. The predicted molar refractivity (Wildman–Crippen MR) is 36.1 cm³/mol. The molecule has 0 bridgehead atoms. The Balaban J connectivity index is 3.23. The number of rotatable bonds is 2. The van der Waals surface area contributed by atoms with Crippen LogP contribution < -0.4 is 0 Å². The summed E-state index contributed by atoms with van der Waals surface area (Å²) >= 11 is 1.69. The van der Waals surface area contributed by atoms with Crippen LogP contribution in [0.4, 0.5) is 0 Å². The number of hydrogen-bond acceptors (Lipinski definition) is 3. The maximum absolute atomic E-state index is 10.2. The monoisotopic (exact) mass is 238 g/mol. The minimum absolute atomic E-state index is 0.129. The van der Waals surface area contributed by atoms with Crippen LogP contribution in [0.3, 0.4) is 0 Å². The van der Waals surface area contributed by atoms with Gasteiger partial charge in [-0.3, -0.25) is 4.79 Å². The van der Waals surface area contributed by atoms with Crippen molar-refractivity contribution < 1.29 is 8.58 Å². The molecule has 1 radical (unpaired) electrons. The Hall–Kier alpha value is 0.222. The number of halogens is 1. The predicted octanol–water partition coefficient (Wildman–Crippen LogP) is 0.412. The van der Waals surface area contributed by atoms with Gasteiger partial charge in [-0.15, -0.1) is 0 Å². The molecule has 41 valence electrons. The van der Waals surface area contributed by atoms with E-state index in [4.69, 9.17) is 5.26 Å². The van der Waals surface area contributed by atoms with E-state index in [1.807, 2.05) is 20.3 Å².